The average Bonchev–Trinajstić information content (AvgIpc) is 2.95. The fourth-order valence-corrected chi connectivity index (χ4v) is 4.22. The van der Waals surface area contributed by atoms with Gasteiger partial charge in [-0.2, -0.15) is 13.2 Å². The molecule has 1 atom stereocenters. The van der Waals surface area contributed by atoms with Crippen molar-refractivity contribution in [2.45, 2.75) is 32.9 Å². The van der Waals surface area contributed by atoms with Gasteiger partial charge in [0.05, 0.1) is 73.5 Å². The van der Waals surface area contributed by atoms with Crippen LogP contribution in [0.4, 0.5) is 13.2 Å². The van der Waals surface area contributed by atoms with E-state index >= 15 is 0 Å². The highest BCUT2D eigenvalue weighted by Gasteiger charge is 2.42. The molecule has 1 aromatic carbocycles. The molecule has 0 saturated heterocycles. The summed E-state index contributed by atoms with van der Waals surface area (Å²) in [5.74, 6) is -5.51. The molecule has 0 aromatic heterocycles. The third-order valence-electron chi connectivity index (χ3n) is 5.71. The van der Waals surface area contributed by atoms with Gasteiger partial charge in [0, 0.05) is 24.4 Å². The molecule has 0 fully saturated rings. The molecule has 0 spiro atoms. The van der Waals surface area contributed by atoms with Crippen molar-refractivity contribution in [3.05, 3.63) is 69.0 Å². The first-order valence-electron chi connectivity index (χ1n) is 13.4. The molecule has 45 heavy (non-hydrogen) atoms. The summed E-state index contributed by atoms with van der Waals surface area (Å²) >= 11 is 6.26. The van der Waals surface area contributed by atoms with Crippen LogP contribution in [0.2, 0.25) is 5.02 Å². The summed E-state index contributed by atoms with van der Waals surface area (Å²) in [5, 5.41) is 18.0. The first-order valence-corrected chi connectivity index (χ1v) is 13.8. The van der Waals surface area contributed by atoms with E-state index in [2.05, 4.69) is 5.32 Å². The minimum Gasteiger partial charge on any atom is -0.478 e. The number of carbonyl (C=O) groups excluding carboxylic acids is 2. The van der Waals surface area contributed by atoms with E-state index in [-0.39, 0.29) is 60.4 Å². The molecule has 1 aliphatic heterocycles. The number of dihydropyridines is 1. The fraction of sp³-hybridized carbons (Fsp3) is 0.448. The van der Waals surface area contributed by atoms with Crippen molar-refractivity contribution in [2.75, 3.05) is 46.7 Å². The van der Waals surface area contributed by atoms with Crippen LogP contribution in [-0.2, 0) is 44.3 Å². The van der Waals surface area contributed by atoms with Crippen molar-refractivity contribution in [3.63, 3.8) is 0 Å². The molecule has 12 nitrogen and oxygen atoms in total. The van der Waals surface area contributed by atoms with Gasteiger partial charge in [0.15, 0.2) is 0 Å². The number of benzene rings is 1. The predicted molar refractivity (Wildman–Crippen MR) is 155 cm³/mol. The average molecular weight is 665 g/mol. The SMILES string of the molecule is COC(=O)C1=C(C)NC(COCCOCCN)=C(C(=O)OCC(C)C)[C@@H]1c1cccc(C(F)(F)F)c1Cl.O=C(O)/C=C/C(=O)O. The van der Waals surface area contributed by atoms with E-state index in [9.17, 15) is 32.3 Å². The Morgan fingerprint density at radius 1 is 1.02 bits per heavy atom. The number of allylic oxidation sites excluding steroid dienone is 1. The van der Waals surface area contributed by atoms with Crippen LogP contribution in [0.15, 0.2) is 52.9 Å². The molecule has 0 radical (unpaired) electrons. The molecule has 0 aliphatic carbocycles. The Morgan fingerprint density at radius 3 is 2.13 bits per heavy atom. The van der Waals surface area contributed by atoms with Gasteiger partial charge < -0.3 is 40.2 Å². The van der Waals surface area contributed by atoms with Crippen molar-refractivity contribution >= 4 is 35.5 Å². The highest BCUT2D eigenvalue weighted by Crippen LogP contribution is 2.45. The van der Waals surface area contributed by atoms with Gasteiger partial charge in [-0.1, -0.05) is 37.6 Å². The Bertz CT molecular complexity index is 1290. The molecule has 5 N–H and O–H groups in total. The summed E-state index contributed by atoms with van der Waals surface area (Å²) in [6, 6.07) is 3.32. The Morgan fingerprint density at radius 2 is 1.62 bits per heavy atom. The smallest absolute Gasteiger partial charge is 0.417 e. The number of hydrogen-bond acceptors (Lipinski definition) is 10. The van der Waals surface area contributed by atoms with Crippen LogP contribution in [0.3, 0.4) is 0 Å². The quantitative estimate of drug-likeness (QED) is 0.129. The number of nitrogens with two attached hydrogens (primary N) is 1. The number of halogens is 4. The number of alkyl halides is 3. The molecule has 0 saturated carbocycles. The van der Waals surface area contributed by atoms with E-state index < -0.39 is 46.6 Å². The number of carbonyl (C=O) groups is 4. The van der Waals surface area contributed by atoms with E-state index in [1.807, 2.05) is 13.8 Å². The number of carboxylic acids is 2. The number of ether oxygens (including phenoxy) is 4. The number of hydrogen-bond donors (Lipinski definition) is 4. The fourth-order valence-electron chi connectivity index (χ4n) is 3.87. The lowest BCUT2D eigenvalue weighted by Gasteiger charge is -2.32. The second kappa shape index (κ2) is 18.8. The summed E-state index contributed by atoms with van der Waals surface area (Å²) in [4.78, 5) is 45.3. The van der Waals surface area contributed by atoms with E-state index in [0.717, 1.165) is 13.2 Å². The molecule has 2 rings (SSSR count). The lowest BCUT2D eigenvalue weighted by Crippen LogP contribution is -2.35. The Balaban J connectivity index is 0.00000111. The molecule has 0 amide bonds. The first-order chi connectivity index (χ1) is 21.1. The van der Waals surface area contributed by atoms with Crippen molar-refractivity contribution in [3.8, 4) is 0 Å². The maximum atomic E-state index is 13.7. The van der Waals surface area contributed by atoms with Gasteiger partial charge in [0.2, 0.25) is 0 Å². The van der Waals surface area contributed by atoms with Crippen LogP contribution in [0.5, 0.6) is 0 Å². The maximum absolute atomic E-state index is 13.7. The summed E-state index contributed by atoms with van der Waals surface area (Å²) in [5.41, 5.74) is 4.50. The molecular weight excluding hydrogens is 629 g/mol. The van der Waals surface area contributed by atoms with E-state index in [0.29, 0.717) is 25.3 Å². The standard InChI is InChI=1S/C25H32ClF3N2O6.C4H4O4/c1-14(2)12-37-24(33)21-18(13-36-11-10-35-9-8-30)31-15(3)19(23(32)34-4)20(21)16-6-5-7-17(22(16)26)25(27,28)29;5-3(6)1-2-4(7)8/h5-7,14,20,31H,8-13,30H2,1-4H3;1-2H,(H,5,6)(H,7,8)/b;2-1+/t20-;/m1./s1. The largest absolute Gasteiger partial charge is 0.478 e. The molecule has 0 unspecified atom stereocenters. The zero-order valence-electron chi connectivity index (χ0n) is 25.0. The van der Waals surface area contributed by atoms with E-state index in [4.69, 9.17) is 46.5 Å². The molecule has 1 heterocycles. The molecule has 1 aromatic rings. The Hall–Kier alpha value is -3.92. The van der Waals surface area contributed by atoms with Crippen molar-refractivity contribution < 1.29 is 61.5 Å². The van der Waals surface area contributed by atoms with Crippen LogP contribution in [-0.4, -0.2) is 80.8 Å². The second-order valence-corrected chi connectivity index (χ2v) is 10.0. The number of nitrogens with one attached hydrogen (secondary N) is 1. The molecule has 16 heteroatoms. The van der Waals surface area contributed by atoms with Crippen molar-refractivity contribution in [1.82, 2.24) is 5.32 Å². The highest BCUT2D eigenvalue weighted by atomic mass is 35.5. The third kappa shape index (κ3) is 12.5. The van der Waals surface area contributed by atoms with Gasteiger partial charge in [0.1, 0.15) is 0 Å². The lowest BCUT2D eigenvalue weighted by atomic mass is 9.79. The maximum Gasteiger partial charge on any atom is 0.417 e. The normalized spacial score (nSPS) is 15.0. The van der Waals surface area contributed by atoms with Crippen LogP contribution < -0.4 is 11.1 Å². The number of aliphatic carboxylic acids is 2. The Kier molecular flexibility index (Phi) is 16.3. The van der Waals surface area contributed by atoms with Crippen LogP contribution >= 0.6 is 11.6 Å². The van der Waals surface area contributed by atoms with Crippen molar-refractivity contribution in [2.24, 2.45) is 11.7 Å². The number of esters is 2. The second-order valence-electron chi connectivity index (χ2n) is 9.64. The third-order valence-corrected chi connectivity index (χ3v) is 6.13. The first kappa shape index (κ1) is 39.1. The zero-order valence-corrected chi connectivity index (χ0v) is 25.8. The van der Waals surface area contributed by atoms with Crippen LogP contribution in [0, 0.1) is 5.92 Å². The minimum absolute atomic E-state index is 0.0200. The summed E-state index contributed by atoms with van der Waals surface area (Å²) in [7, 11) is 1.13. The van der Waals surface area contributed by atoms with Crippen molar-refractivity contribution in [1.29, 1.82) is 0 Å². The predicted octanol–water partition coefficient (Wildman–Crippen LogP) is 3.65. The topological polar surface area (TPSA) is 184 Å². The Labute approximate surface area is 262 Å². The van der Waals surface area contributed by atoms with Gasteiger partial charge in [-0.05, 0) is 24.5 Å². The molecule has 250 valence electrons. The molecule has 0 bridgehead atoms. The van der Waals surface area contributed by atoms with Gasteiger partial charge in [0.25, 0.3) is 0 Å². The van der Waals surface area contributed by atoms with Gasteiger partial charge in [-0.3, -0.25) is 0 Å². The van der Waals surface area contributed by atoms with E-state index in [1.165, 1.54) is 12.1 Å². The van der Waals surface area contributed by atoms with E-state index in [1.54, 1.807) is 6.92 Å². The monoisotopic (exact) mass is 664 g/mol. The number of methoxy groups -OCH3 is 1. The highest BCUT2D eigenvalue weighted by molar-refractivity contribution is 6.32. The minimum atomic E-state index is -4.76. The lowest BCUT2D eigenvalue weighted by molar-refractivity contribution is -0.140. The van der Waals surface area contributed by atoms with Gasteiger partial charge in [-0.25, -0.2) is 19.2 Å². The number of carboxylic acid groups (broad SMARTS) is 2. The zero-order chi connectivity index (χ0) is 34.3. The van der Waals surface area contributed by atoms with Gasteiger partial charge in [-0.15, -0.1) is 0 Å². The summed E-state index contributed by atoms with van der Waals surface area (Å²) in [6.07, 6.45) is -3.65. The summed E-state index contributed by atoms with van der Waals surface area (Å²) in [6.45, 7) is 6.19. The van der Waals surface area contributed by atoms with Crippen LogP contribution in [0.25, 0.3) is 0 Å². The number of rotatable bonds is 14. The van der Waals surface area contributed by atoms with Gasteiger partial charge >= 0.3 is 30.1 Å². The summed E-state index contributed by atoms with van der Waals surface area (Å²) < 4.78 is 62.3. The molecule has 1 aliphatic rings. The molecular formula is C29H36ClF3N2O10. The van der Waals surface area contributed by atoms with Crippen LogP contribution in [0.1, 0.15) is 37.8 Å².